The lowest BCUT2D eigenvalue weighted by atomic mass is 10.2. The standard InChI is InChI=1S/C10H13OS/c1-12(2)8-10(11)9-6-4-3-5-7-9/h3-7H,8H2,1-2H3/q+1. The van der Waals surface area contributed by atoms with Crippen LogP contribution in [0.25, 0.3) is 0 Å². The Morgan fingerprint density at radius 2 is 1.83 bits per heavy atom. The number of carbonyl (C=O) groups excluding carboxylic acids is 1. The van der Waals surface area contributed by atoms with Crippen LogP contribution in [0.1, 0.15) is 10.4 Å². The maximum atomic E-state index is 11.5. The van der Waals surface area contributed by atoms with Gasteiger partial charge in [0.25, 0.3) is 0 Å². The zero-order valence-corrected chi connectivity index (χ0v) is 8.23. The van der Waals surface area contributed by atoms with Crippen LogP contribution in [0.15, 0.2) is 30.3 Å². The Balaban J connectivity index is 2.66. The lowest BCUT2D eigenvalue weighted by molar-refractivity contribution is 0.102. The first kappa shape index (κ1) is 9.33. The van der Waals surface area contributed by atoms with E-state index in [-0.39, 0.29) is 16.7 Å². The van der Waals surface area contributed by atoms with Crippen molar-refractivity contribution in [1.29, 1.82) is 0 Å². The van der Waals surface area contributed by atoms with Crippen LogP contribution in [0.4, 0.5) is 0 Å². The van der Waals surface area contributed by atoms with E-state index in [1.54, 1.807) is 0 Å². The fourth-order valence-electron chi connectivity index (χ4n) is 0.970. The summed E-state index contributed by atoms with van der Waals surface area (Å²) in [5.74, 6) is 0.924. The monoisotopic (exact) mass is 181 g/mol. The molecule has 0 atom stereocenters. The zero-order chi connectivity index (χ0) is 8.97. The lowest BCUT2D eigenvalue weighted by Gasteiger charge is -1.97. The van der Waals surface area contributed by atoms with Crippen molar-refractivity contribution in [2.75, 3.05) is 18.3 Å². The molecule has 1 nitrogen and oxygen atoms in total. The van der Waals surface area contributed by atoms with Gasteiger partial charge >= 0.3 is 0 Å². The zero-order valence-electron chi connectivity index (χ0n) is 7.41. The summed E-state index contributed by atoms with van der Waals surface area (Å²) in [6, 6.07) is 9.46. The molecule has 12 heavy (non-hydrogen) atoms. The van der Waals surface area contributed by atoms with Gasteiger partial charge in [0.2, 0.25) is 5.78 Å². The van der Waals surface area contributed by atoms with Crippen molar-refractivity contribution < 1.29 is 4.79 Å². The van der Waals surface area contributed by atoms with Crippen LogP contribution >= 0.6 is 0 Å². The van der Waals surface area contributed by atoms with Crippen molar-refractivity contribution in [2.24, 2.45) is 0 Å². The van der Waals surface area contributed by atoms with Gasteiger partial charge in [-0.05, 0) is 10.9 Å². The summed E-state index contributed by atoms with van der Waals surface area (Å²) in [6.45, 7) is 0. The second-order valence-electron chi connectivity index (χ2n) is 2.92. The Kier molecular flexibility index (Phi) is 3.35. The van der Waals surface area contributed by atoms with E-state index in [0.717, 1.165) is 5.56 Å². The average molecular weight is 181 g/mol. The first-order chi connectivity index (χ1) is 5.70. The number of hydrogen-bond acceptors (Lipinski definition) is 1. The summed E-state index contributed by atoms with van der Waals surface area (Å²) in [7, 11) is 0.204. The molecule has 0 heterocycles. The number of benzene rings is 1. The molecule has 0 unspecified atom stereocenters. The van der Waals surface area contributed by atoms with E-state index in [0.29, 0.717) is 5.75 Å². The molecule has 0 N–H and O–H groups in total. The molecule has 0 aliphatic carbocycles. The van der Waals surface area contributed by atoms with Crippen molar-refractivity contribution >= 4 is 16.7 Å². The summed E-state index contributed by atoms with van der Waals surface area (Å²) in [5, 5.41) is 0. The van der Waals surface area contributed by atoms with Crippen LogP contribution in [-0.4, -0.2) is 24.0 Å². The number of hydrogen-bond donors (Lipinski definition) is 0. The highest BCUT2D eigenvalue weighted by Gasteiger charge is 2.12. The van der Waals surface area contributed by atoms with E-state index in [1.807, 2.05) is 30.3 Å². The Bertz CT molecular complexity index is 254. The van der Waals surface area contributed by atoms with Gasteiger partial charge in [-0.2, -0.15) is 0 Å². The summed E-state index contributed by atoms with van der Waals surface area (Å²) < 4.78 is 0. The maximum Gasteiger partial charge on any atom is 0.211 e. The Morgan fingerprint density at radius 3 is 2.33 bits per heavy atom. The van der Waals surface area contributed by atoms with Gasteiger partial charge in [0, 0.05) is 5.56 Å². The minimum absolute atomic E-state index is 0.204. The topological polar surface area (TPSA) is 17.1 Å². The summed E-state index contributed by atoms with van der Waals surface area (Å²) in [4.78, 5) is 11.5. The molecule has 0 saturated carbocycles. The molecule has 0 aliphatic heterocycles. The molecule has 1 aromatic rings. The van der Waals surface area contributed by atoms with Crippen molar-refractivity contribution in [3.8, 4) is 0 Å². The van der Waals surface area contributed by atoms with Gasteiger partial charge in [-0.3, -0.25) is 4.79 Å². The quantitative estimate of drug-likeness (QED) is 0.513. The van der Waals surface area contributed by atoms with E-state index in [4.69, 9.17) is 0 Å². The van der Waals surface area contributed by atoms with E-state index in [2.05, 4.69) is 12.5 Å². The Labute approximate surface area is 76.1 Å². The normalized spacial score (nSPS) is 10.2. The first-order valence-electron chi connectivity index (χ1n) is 3.82. The fraction of sp³-hybridized carbons (Fsp3) is 0.300. The van der Waals surface area contributed by atoms with Gasteiger partial charge in [0.05, 0.1) is 12.5 Å². The molecule has 0 fully saturated rings. The van der Waals surface area contributed by atoms with Crippen molar-refractivity contribution in [3.63, 3.8) is 0 Å². The van der Waals surface area contributed by atoms with Gasteiger partial charge in [-0.25, -0.2) is 0 Å². The minimum Gasteiger partial charge on any atom is -0.289 e. The summed E-state index contributed by atoms with van der Waals surface area (Å²) in [6.07, 6.45) is 4.17. The third kappa shape index (κ3) is 2.70. The molecule has 0 amide bonds. The highest BCUT2D eigenvalue weighted by molar-refractivity contribution is 7.96. The molecule has 0 aliphatic rings. The molecule has 64 valence electrons. The number of carbonyl (C=O) groups is 1. The highest BCUT2D eigenvalue weighted by atomic mass is 32.2. The van der Waals surface area contributed by atoms with Crippen LogP contribution in [0.2, 0.25) is 0 Å². The molecule has 2 heteroatoms. The molecule has 0 spiro atoms. The van der Waals surface area contributed by atoms with Gasteiger partial charge in [-0.15, -0.1) is 0 Å². The maximum absolute atomic E-state index is 11.5. The van der Waals surface area contributed by atoms with Crippen molar-refractivity contribution in [1.82, 2.24) is 0 Å². The number of ketones is 1. The molecule has 0 saturated heterocycles. The minimum atomic E-state index is 0.204. The van der Waals surface area contributed by atoms with Crippen LogP contribution in [0.3, 0.4) is 0 Å². The van der Waals surface area contributed by atoms with Gasteiger partial charge in [0.15, 0.2) is 5.75 Å². The smallest absolute Gasteiger partial charge is 0.211 e. The molecular formula is C10H13OS+. The second kappa shape index (κ2) is 4.31. The molecule has 1 rings (SSSR count). The highest BCUT2D eigenvalue weighted by Crippen LogP contribution is 2.01. The van der Waals surface area contributed by atoms with E-state index in [9.17, 15) is 4.79 Å². The summed E-state index contributed by atoms with van der Waals surface area (Å²) >= 11 is 0. The van der Waals surface area contributed by atoms with Crippen LogP contribution in [0.5, 0.6) is 0 Å². The molecule has 0 bridgehead atoms. The van der Waals surface area contributed by atoms with Crippen molar-refractivity contribution in [2.45, 2.75) is 0 Å². The SMILES string of the molecule is C[S+](C)CC(=O)c1ccccc1. The van der Waals surface area contributed by atoms with Crippen LogP contribution < -0.4 is 0 Å². The fourth-order valence-corrected chi connectivity index (χ4v) is 1.66. The van der Waals surface area contributed by atoms with Gasteiger partial charge < -0.3 is 0 Å². The molecule has 1 aromatic carbocycles. The third-order valence-corrected chi connectivity index (χ3v) is 2.36. The van der Waals surface area contributed by atoms with Gasteiger partial charge in [0.1, 0.15) is 0 Å². The Morgan fingerprint density at radius 1 is 1.25 bits per heavy atom. The average Bonchev–Trinajstić information content (AvgIpc) is 2.05. The third-order valence-electron chi connectivity index (χ3n) is 1.52. The predicted octanol–water partition coefficient (Wildman–Crippen LogP) is 1.75. The van der Waals surface area contributed by atoms with Crippen molar-refractivity contribution in [3.05, 3.63) is 35.9 Å². The van der Waals surface area contributed by atoms with E-state index < -0.39 is 0 Å². The number of Topliss-reactive ketones (excluding diaryl/α,β-unsaturated/α-hetero) is 1. The van der Waals surface area contributed by atoms with Crippen LogP contribution in [-0.2, 0) is 10.9 Å². The second-order valence-corrected chi connectivity index (χ2v) is 5.18. The Hall–Kier alpha value is -0.760. The van der Waals surface area contributed by atoms with E-state index in [1.165, 1.54) is 0 Å². The molecular weight excluding hydrogens is 168 g/mol. The largest absolute Gasteiger partial charge is 0.289 e. The molecule has 0 radical (unpaired) electrons. The van der Waals surface area contributed by atoms with Gasteiger partial charge in [-0.1, -0.05) is 30.3 Å². The van der Waals surface area contributed by atoms with Crippen LogP contribution in [0, 0.1) is 0 Å². The predicted molar refractivity (Wildman–Crippen MR) is 54.9 cm³/mol. The first-order valence-corrected chi connectivity index (χ1v) is 6.03. The number of rotatable bonds is 3. The molecule has 0 aromatic heterocycles. The summed E-state index contributed by atoms with van der Waals surface area (Å²) in [5.41, 5.74) is 0.832. The van der Waals surface area contributed by atoms with E-state index >= 15 is 0 Å². The lowest BCUT2D eigenvalue weighted by Crippen LogP contribution is -2.13.